The molecule has 1 aromatic carbocycles. The number of aryl methyl sites for hydroxylation is 2. The molecule has 0 aliphatic heterocycles. The van der Waals surface area contributed by atoms with Crippen molar-refractivity contribution in [1.29, 1.82) is 0 Å². The molecule has 1 heterocycles. The summed E-state index contributed by atoms with van der Waals surface area (Å²) in [5.74, 6) is 1.73. The zero-order valence-corrected chi connectivity index (χ0v) is 12.9. The molecule has 2 aromatic rings. The minimum atomic E-state index is 0.381. The maximum absolute atomic E-state index is 5.96. The van der Waals surface area contributed by atoms with Gasteiger partial charge in [-0.25, -0.2) is 4.98 Å². The lowest BCUT2D eigenvalue weighted by atomic mass is 10.2. The van der Waals surface area contributed by atoms with Crippen LogP contribution in [0.4, 0.5) is 0 Å². The first-order valence-corrected chi connectivity index (χ1v) is 7.83. The first-order valence-electron chi connectivity index (χ1n) is 7.29. The van der Waals surface area contributed by atoms with E-state index in [4.69, 9.17) is 21.3 Å². The molecule has 0 saturated heterocycles. The van der Waals surface area contributed by atoms with Crippen LogP contribution in [0.1, 0.15) is 36.7 Å². The van der Waals surface area contributed by atoms with Crippen LogP contribution in [-0.4, -0.2) is 28.6 Å². The molecule has 1 aliphatic rings. The van der Waals surface area contributed by atoms with E-state index in [0.29, 0.717) is 18.0 Å². The SMILES string of the molecule is COC1CCC(n2c(CCCl)nc3c(C)cccc32)C1. The summed E-state index contributed by atoms with van der Waals surface area (Å²) in [5, 5.41) is 0. The van der Waals surface area contributed by atoms with Crippen LogP contribution in [0, 0.1) is 6.92 Å². The minimum absolute atomic E-state index is 0.381. The van der Waals surface area contributed by atoms with E-state index >= 15 is 0 Å². The van der Waals surface area contributed by atoms with Crippen LogP contribution >= 0.6 is 11.6 Å². The third-order valence-corrected chi connectivity index (χ3v) is 4.56. The van der Waals surface area contributed by atoms with Gasteiger partial charge in [0.05, 0.1) is 17.1 Å². The fourth-order valence-electron chi connectivity index (χ4n) is 3.34. The molecule has 1 fully saturated rings. The fraction of sp³-hybridized carbons (Fsp3) is 0.562. The van der Waals surface area contributed by atoms with Crippen molar-refractivity contribution in [2.75, 3.05) is 13.0 Å². The number of alkyl halides is 1. The predicted octanol–water partition coefficient (Wildman–Crippen LogP) is 3.87. The average molecular weight is 293 g/mol. The minimum Gasteiger partial charge on any atom is -0.381 e. The Kier molecular flexibility index (Phi) is 3.99. The molecule has 0 bridgehead atoms. The highest BCUT2D eigenvalue weighted by Crippen LogP contribution is 2.35. The van der Waals surface area contributed by atoms with E-state index in [1.54, 1.807) is 0 Å². The second kappa shape index (κ2) is 5.74. The van der Waals surface area contributed by atoms with E-state index in [2.05, 4.69) is 29.7 Å². The molecular formula is C16H21ClN2O. The van der Waals surface area contributed by atoms with Crippen molar-refractivity contribution < 1.29 is 4.74 Å². The van der Waals surface area contributed by atoms with E-state index < -0.39 is 0 Å². The lowest BCUT2D eigenvalue weighted by Gasteiger charge is -2.16. The largest absolute Gasteiger partial charge is 0.381 e. The Balaban J connectivity index is 2.07. The number of para-hydroxylation sites is 1. The molecule has 1 saturated carbocycles. The van der Waals surface area contributed by atoms with Crippen molar-refractivity contribution >= 4 is 22.6 Å². The number of aromatic nitrogens is 2. The number of imidazole rings is 1. The number of hydrogen-bond acceptors (Lipinski definition) is 2. The van der Waals surface area contributed by atoms with E-state index in [1.807, 2.05) is 7.11 Å². The number of rotatable bonds is 4. The van der Waals surface area contributed by atoms with Crippen molar-refractivity contribution in [3.05, 3.63) is 29.6 Å². The number of ether oxygens (including phenoxy) is 1. The van der Waals surface area contributed by atoms with Crippen molar-refractivity contribution in [1.82, 2.24) is 9.55 Å². The van der Waals surface area contributed by atoms with Gasteiger partial charge in [0.15, 0.2) is 0 Å². The van der Waals surface area contributed by atoms with Crippen molar-refractivity contribution in [3.8, 4) is 0 Å². The van der Waals surface area contributed by atoms with Gasteiger partial charge in [-0.15, -0.1) is 11.6 Å². The highest BCUT2D eigenvalue weighted by Gasteiger charge is 2.28. The van der Waals surface area contributed by atoms with Gasteiger partial charge in [0.2, 0.25) is 0 Å². The van der Waals surface area contributed by atoms with Crippen molar-refractivity contribution in [3.63, 3.8) is 0 Å². The van der Waals surface area contributed by atoms with Crippen molar-refractivity contribution in [2.45, 2.75) is 44.8 Å². The molecule has 3 nitrogen and oxygen atoms in total. The number of methoxy groups -OCH3 is 1. The van der Waals surface area contributed by atoms with Gasteiger partial charge in [-0.05, 0) is 37.8 Å². The molecule has 1 aliphatic carbocycles. The average Bonchev–Trinajstić information content (AvgIpc) is 3.03. The van der Waals surface area contributed by atoms with Gasteiger partial charge in [0.25, 0.3) is 0 Å². The van der Waals surface area contributed by atoms with Crippen LogP contribution in [0.2, 0.25) is 0 Å². The molecule has 0 radical (unpaired) electrons. The van der Waals surface area contributed by atoms with Gasteiger partial charge in [0.1, 0.15) is 5.82 Å². The second-order valence-corrected chi connectivity index (χ2v) is 5.98. The van der Waals surface area contributed by atoms with Gasteiger partial charge >= 0.3 is 0 Å². The third-order valence-electron chi connectivity index (χ3n) is 4.37. The fourth-order valence-corrected chi connectivity index (χ4v) is 3.51. The maximum Gasteiger partial charge on any atom is 0.111 e. The summed E-state index contributed by atoms with van der Waals surface area (Å²) < 4.78 is 7.92. The Hall–Kier alpha value is -1.06. The lowest BCUT2D eigenvalue weighted by molar-refractivity contribution is 0.106. The quantitative estimate of drug-likeness (QED) is 0.800. The Morgan fingerprint density at radius 2 is 2.25 bits per heavy atom. The maximum atomic E-state index is 5.96. The van der Waals surface area contributed by atoms with Gasteiger partial charge in [-0.3, -0.25) is 0 Å². The van der Waals surface area contributed by atoms with Crippen LogP contribution in [0.5, 0.6) is 0 Å². The van der Waals surface area contributed by atoms with Crippen LogP contribution in [0.3, 0.4) is 0 Å². The van der Waals surface area contributed by atoms with E-state index in [-0.39, 0.29) is 0 Å². The lowest BCUT2D eigenvalue weighted by Crippen LogP contribution is -2.12. The number of hydrogen-bond donors (Lipinski definition) is 0. The van der Waals surface area contributed by atoms with Gasteiger partial charge < -0.3 is 9.30 Å². The van der Waals surface area contributed by atoms with Gasteiger partial charge in [-0.2, -0.15) is 0 Å². The molecule has 3 rings (SSSR count). The summed E-state index contributed by atoms with van der Waals surface area (Å²) in [5.41, 5.74) is 3.60. The second-order valence-electron chi connectivity index (χ2n) is 5.60. The Morgan fingerprint density at radius 1 is 1.40 bits per heavy atom. The highest BCUT2D eigenvalue weighted by molar-refractivity contribution is 6.17. The Bertz CT molecular complexity index is 608. The zero-order chi connectivity index (χ0) is 14.1. The van der Waals surface area contributed by atoms with Crippen LogP contribution in [0.25, 0.3) is 11.0 Å². The molecule has 2 unspecified atom stereocenters. The number of halogens is 1. The van der Waals surface area contributed by atoms with Gasteiger partial charge in [0, 0.05) is 25.5 Å². The topological polar surface area (TPSA) is 27.1 Å². The molecule has 4 heteroatoms. The smallest absolute Gasteiger partial charge is 0.111 e. The molecule has 20 heavy (non-hydrogen) atoms. The van der Waals surface area contributed by atoms with Crippen LogP contribution in [-0.2, 0) is 11.2 Å². The first kappa shape index (κ1) is 13.9. The summed E-state index contributed by atoms with van der Waals surface area (Å²) in [7, 11) is 1.81. The van der Waals surface area contributed by atoms with E-state index in [0.717, 1.165) is 37.0 Å². The molecule has 108 valence electrons. The standard InChI is InChI=1S/C16H21ClN2O/c1-11-4-3-5-14-16(11)18-15(8-9-17)19(14)12-6-7-13(10-12)20-2/h3-5,12-13H,6-10H2,1-2H3. The predicted molar refractivity (Wildman–Crippen MR) is 82.6 cm³/mol. The summed E-state index contributed by atoms with van der Waals surface area (Å²) in [6, 6.07) is 6.90. The third kappa shape index (κ3) is 2.33. The number of fused-ring (bicyclic) bond motifs is 1. The van der Waals surface area contributed by atoms with E-state index in [1.165, 1.54) is 11.1 Å². The summed E-state index contributed by atoms with van der Waals surface area (Å²) in [6.07, 6.45) is 4.57. The molecule has 2 atom stereocenters. The molecule has 0 spiro atoms. The van der Waals surface area contributed by atoms with E-state index in [9.17, 15) is 0 Å². The summed E-state index contributed by atoms with van der Waals surface area (Å²) >= 11 is 5.96. The zero-order valence-electron chi connectivity index (χ0n) is 12.1. The molecule has 0 N–H and O–H groups in total. The Labute approximate surface area is 124 Å². The number of benzene rings is 1. The molecular weight excluding hydrogens is 272 g/mol. The molecule has 1 aromatic heterocycles. The first-order chi connectivity index (χ1) is 9.74. The molecule has 0 amide bonds. The van der Waals surface area contributed by atoms with Crippen LogP contribution in [0.15, 0.2) is 18.2 Å². The van der Waals surface area contributed by atoms with Crippen LogP contribution < -0.4 is 0 Å². The summed E-state index contributed by atoms with van der Waals surface area (Å²) in [6.45, 7) is 2.12. The normalized spacial score (nSPS) is 22.8. The monoisotopic (exact) mass is 292 g/mol. The van der Waals surface area contributed by atoms with Gasteiger partial charge in [-0.1, -0.05) is 12.1 Å². The number of nitrogens with zero attached hydrogens (tertiary/aromatic N) is 2. The highest BCUT2D eigenvalue weighted by atomic mass is 35.5. The Morgan fingerprint density at radius 3 is 2.95 bits per heavy atom. The van der Waals surface area contributed by atoms with Crippen molar-refractivity contribution in [2.24, 2.45) is 0 Å². The summed E-state index contributed by atoms with van der Waals surface area (Å²) in [4.78, 5) is 4.84.